The molecule has 2 fully saturated rings. The molecule has 2 saturated heterocycles. The van der Waals surface area contributed by atoms with Crippen LogP contribution in [0, 0.1) is 22.7 Å². The number of ether oxygens (including phenoxy) is 2. The predicted molar refractivity (Wildman–Crippen MR) is 195 cm³/mol. The summed E-state index contributed by atoms with van der Waals surface area (Å²) in [6.45, 7) is -1.90. The zero-order chi connectivity index (χ0) is 40.2. The van der Waals surface area contributed by atoms with Gasteiger partial charge in [0.05, 0.1) is 93.9 Å². The molecule has 0 saturated carbocycles. The first-order valence-corrected chi connectivity index (χ1v) is 20.8. The van der Waals surface area contributed by atoms with Crippen molar-refractivity contribution in [2.75, 3.05) is 31.7 Å². The number of hydrogen-bond acceptors (Lipinski definition) is 17. The van der Waals surface area contributed by atoms with Gasteiger partial charge in [-0.25, -0.2) is 24.9 Å². The molecule has 0 spiro atoms. The highest BCUT2D eigenvalue weighted by atomic mass is 31.2. The van der Waals surface area contributed by atoms with E-state index < -0.39 is 75.9 Å². The number of nitrogens with zero attached hydrogens (tertiary/aromatic N) is 9. The molecule has 1 aromatic carbocycles. The number of benzene rings is 1. The summed E-state index contributed by atoms with van der Waals surface area (Å²) in [6.07, 6.45) is 0.156. The molecule has 5 aromatic rings. The first-order valence-electron chi connectivity index (χ1n) is 17.5. The summed E-state index contributed by atoms with van der Waals surface area (Å²) in [5.41, 5.74) is -1.92. The molecule has 0 radical (unpaired) electrons. The molecule has 57 heavy (non-hydrogen) atoms. The van der Waals surface area contributed by atoms with E-state index in [4.69, 9.17) is 28.3 Å². The fourth-order valence-electron chi connectivity index (χ4n) is 6.70. The highest BCUT2D eigenvalue weighted by Gasteiger charge is 2.52. The molecule has 0 bridgehead atoms. The number of hydrogen-bond donors (Lipinski definition) is 4. The van der Waals surface area contributed by atoms with Gasteiger partial charge in [-0.1, -0.05) is 18.2 Å². The molecule has 6 unspecified atom stereocenters. The van der Waals surface area contributed by atoms with Crippen molar-refractivity contribution in [3.8, 4) is 12.1 Å². The number of H-pyrrole nitrogens is 1. The maximum absolute atomic E-state index is 14.8. The number of aromatic nitrogens is 8. The Morgan fingerprint density at radius 2 is 1.54 bits per heavy atom. The summed E-state index contributed by atoms with van der Waals surface area (Å²) in [7, 11) is -8.95. The smallest absolute Gasteiger partial charge is 0.336 e. The van der Waals surface area contributed by atoms with E-state index >= 15 is 0 Å². The molecular weight excluding hydrogens is 788 g/mol. The van der Waals surface area contributed by atoms with Crippen LogP contribution < -0.4 is 10.9 Å². The van der Waals surface area contributed by atoms with Gasteiger partial charge in [-0.05, 0) is 12.1 Å². The SMILES string of the molecule is N#CCCOP(=O)(O)[C@H]1CC(n2cnc3c(NC(=O)c4ccccc4)ncnc32)OC1COP(=O)(OCCC#N)[C@H]1CC(n2cnc3c(=O)[nH]cnc32)OC1CO. The fraction of sp³-hybridized carbons (Fsp3) is 0.424. The Balaban J connectivity index is 1.15. The van der Waals surface area contributed by atoms with Crippen LogP contribution in [0.3, 0.4) is 0 Å². The number of carbonyl (C=O) groups excluding carboxylic acids is 1. The van der Waals surface area contributed by atoms with Gasteiger partial charge in [0.2, 0.25) is 0 Å². The van der Waals surface area contributed by atoms with Crippen LogP contribution in [-0.4, -0.2) is 105 Å². The largest absolute Gasteiger partial charge is 0.394 e. The number of nitriles is 2. The summed E-state index contributed by atoms with van der Waals surface area (Å²) in [4.78, 5) is 60.0. The van der Waals surface area contributed by atoms with E-state index in [1.807, 2.05) is 12.1 Å². The number of aliphatic hydroxyl groups is 1. The van der Waals surface area contributed by atoms with Gasteiger partial charge >= 0.3 is 15.2 Å². The van der Waals surface area contributed by atoms with Crippen LogP contribution in [0.5, 0.6) is 0 Å². The highest BCUT2D eigenvalue weighted by Crippen LogP contribution is 2.61. The topological polar surface area (TPSA) is 305 Å². The van der Waals surface area contributed by atoms with E-state index in [-0.39, 0.29) is 67.0 Å². The number of aromatic amines is 1. The third-order valence-corrected chi connectivity index (χ3v) is 13.8. The van der Waals surface area contributed by atoms with Gasteiger partial charge in [0.15, 0.2) is 28.1 Å². The van der Waals surface area contributed by atoms with Gasteiger partial charge in [-0.15, -0.1) is 0 Å². The van der Waals surface area contributed by atoms with Gasteiger partial charge in [-0.3, -0.25) is 27.9 Å². The van der Waals surface area contributed by atoms with Crippen LogP contribution in [0.2, 0.25) is 0 Å². The van der Waals surface area contributed by atoms with E-state index in [9.17, 15) is 34.0 Å². The Morgan fingerprint density at radius 1 is 0.895 bits per heavy atom. The summed E-state index contributed by atoms with van der Waals surface area (Å²) < 4.78 is 60.9. The standard InChI is InChI=1S/C33H35N11O11P2/c34-8-4-10-51-56(48,49)23-12-25(43-18-40-27-29(36-16-37-30(27)43)42-32(46)20-6-2-1-3-7-20)55-22(23)15-53-57(50,52-11-5-9-35)24-13-26(54-21(24)14-45)44-19-41-28-31(44)38-17-39-33(28)47/h1-3,6-7,16-19,21-26,45H,4-5,10-15H2,(H,48,49)(H,38,39,47)(H,36,37,42,46)/t21?,22?,23-,24-,25?,26?,57?/m0/s1. The molecule has 7 rings (SSSR count). The molecular formula is C33H35N11O11P2. The number of anilines is 1. The van der Waals surface area contributed by atoms with E-state index in [0.29, 0.717) is 5.56 Å². The molecule has 4 aromatic heterocycles. The zero-order valence-electron chi connectivity index (χ0n) is 29.8. The maximum atomic E-state index is 14.8. The van der Waals surface area contributed by atoms with Crippen molar-refractivity contribution in [2.24, 2.45) is 0 Å². The van der Waals surface area contributed by atoms with Crippen LogP contribution in [0.4, 0.5) is 5.82 Å². The molecule has 298 valence electrons. The molecule has 24 heteroatoms. The van der Waals surface area contributed by atoms with Crippen LogP contribution in [0.1, 0.15) is 48.5 Å². The van der Waals surface area contributed by atoms with Crippen molar-refractivity contribution >= 4 is 49.2 Å². The second kappa shape index (κ2) is 17.1. The lowest BCUT2D eigenvalue weighted by atomic mass is 10.2. The van der Waals surface area contributed by atoms with Gasteiger partial charge < -0.3 is 43.3 Å². The van der Waals surface area contributed by atoms with Crippen LogP contribution in [0.15, 0.2) is 60.4 Å². The van der Waals surface area contributed by atoms with Crippen LogP contribution >= 0.6 is 15.2 Å². The van der Waals surface area contributed by atoms with Gasteiger partial charge in [0, 0.05) is 18.4 Å². The quantitative estimate of drug-likeness (QED) is 0.0821. The minimum Gasteiger partial charge on any atom is -0.394 e. The van der Waals surface area contributed by atoms with Crippen molar-refractivity contribution in [1.82, 2.24) is 39.0 Å². The molecule has 6 heterocycles. The number of amides is 1. The first-order chi connectivity index (χ1) is 27.6. The van der Waals surface area contributed by atoms with Crippen molar-refractivity contribution in [3.05, 3.63) is 71.6 Å². The predicted octanol–water partition coefficient (Wildman–Crippen LogP) is 2.77. The summed E-state index contributed by atoms with van der Waals surface area (Å²) in [5.74, 6) is -0.337. The van der Waals surface area contributed by atoms with E-state index in [1.54, 1.807) is 30.3 Å². The van der Waals surface area contributed by atoms with Crippen molar-refractivity contribution in [3.63, 3.8) is 0 Å². The summed E-state index contributed by atoms with van der Waals surface area (Å²) in [5, 5.41) is 31.3. The molecule has 4 N–H and O–H groups in total. The Hall–Kier alpha value is -5.25. The number of rotatable bonds is 16. The lowest BCUT2D eigenvalue weighted by Gasteiger charge is -2.28. The van der Waals surface area contributed by atoms with Crippen LogP contribution in [-0.2, 0) is 32.2 Å². The Labute approximate surface area is 322 Å². The average molecular weight is 824 g/mol. The Kier molecular flexibility index (Phi) is 12.0. The zero-order valence-corrected chi connectivity index (χ0v) is 31.6. The summed E-state index contributed by atoms with van der Waals surface area (Å²) >= 11 is 0. The second-order valence-electron chi connectivity index (χ2n) is 12.9. The fourth-order valence-corrected chi connectivity index (χ4v) is 10.4. The Morgan fingerprint density at radius 3 is 2.25 bits per heavy atom. The molecule has 2 aliphatic rings. The second-order valence-corrected chi connectivity index (χ2v) is 17.2. The maximum Gasteiger partial charge on any atom is 0.336 e. The number of fused-ring (bicyclic) bond motifs is 2. The minimum atomic E-state index is -4.57. The number of nitrogens with one attached hydrogen (secondary N) is 2. The van der Waals surface area contributed by atoms with Crippen molar-refractivity contribution in [2.45, 2.75) is 61.7 Å². The van der Waals surface area contributed by atoms with Gasteiger partial charge in [-0.2, -0.15) is 10.5 Å². The minimum absolute atomic E-state index is 0.0319. The van der Waals surface area contributed by atoms with Crippen molar-refractivity contribution < 1.29 is 47.0 Å². The monoisotopic (exact) mass is 823 g/mol. The third-order valence-electron chi connectivity index (χ3n) is 9.42. The van der Waals surface area contributed by atoms with E-state index in [0.717, 1.165) is 0 Å². The van der Waals surface area contributed by atoms with Crippen LogP contribution in [0.25, 0.3) is 22.3 Å². The third kappa shape index (κ3) is 8.27. The lowest BCUT2D eigenvalue weighted by Crippen LogP contribution is -2.31. The van der Waals surface area contributed by atoms with Gasteiger partial charge in [0.25, 0.3) is 11.5 Å². The average Bonchev–Trinajstić information content (AvgIpc) is 4.03. The molecule has 22 nitrogen and oxygen atoms in total. The molecule has 2 aliphatic heterocycles. The molecule has 0 aliphatic carbocycles. The summed E-state index contributed by atoms with van der Waals surface area (Å²) in [6, 6.07) is 12.2. The normalized spacial score (nSPS) is 24.1. The Bertz CT molecular complexity index is 2480. The number of aliphatic hydroxyl groups excluding tert-OH is 1. The number of carbonyl (C=O) groups is 1. The van der Waals surface area contributed by atoms with Crippen molar-refractivity contribution in [1.29, 1.82) is 10.5 Å². The first kappa shape index (κ1) is 40.0. The highest BCUT2D eigenvalue weighted by molar-refractivity contribution is 7.54. The van der Waals surface area contributed by atoms with E-state index in [1.165, 1.54) is 34.4 Å². The molecule has 8 atom stereocenters. The van der Waals surface area contributed by atoms with E-state index in [2.05, 4.69) is 35.2 Å². The lowest BCUT2D eigenvalue weighted by molar-refractivity contribution is -0.0262. The number of imidazole rings is 2. The molecule has 1 amide bonds. The van der Waals surface area contributed by atoms with Gasteiger partial charge in [0.1, 0.15) is 18.8 Å².